The second-order valence-corrected chi connectivity index (χ2v) is 8.82. The van der Waals surface area contributed by atoms with Crippen molar-refractivity contribution < 1.29 is 14.0 Å². The first kappa shape index (κ1) is 22.6. The Kier molecular flexibility index (Phi) is 5.95. The number of fused-ring (bicyclic) bond motifs is 1. The summed E-state index contributed by atoms with van der Waals surface area (Å²) < 4.78 is 6.24. The van der Waals surface area contributed by atoms with Gasteiger partial charge in [0.25, 0.3) is 5.91 Å². The second-order valence-electron chi connectivity index (χ2n) is 8.82. The highest BCUT2D eigenvalue weighted by Gasteiger charge is 2.25. The average molecular weight is 467 g/mol. The van der Waals surface area contributed by atoms with E-state index in [-0.39, 0.29) is 17.1 Å². The van der Waals surface area contributed by atoms with Crippen molar-refractivity contribution in [3.63, 3.8) is 0 Å². The molecule has 0 saturated carbocycles. The average Bonchev–Trinajstić information content (AvgIpc) is 2.90. The third-order valence-electron chi connectivity index (χ3n) is 6.62. The van der Waals surface area contributed by atoms with E-state index in [0.29, 0.717) is 59.6 Å². The van der Waals surface area contributed by atoms with Crippen LogP contribution in [-0.4, -0.2) is 42.8 Å². The van der Waals surface area contributed by atoms with Gasteiger partial charge in [-0.2, -0.15) is 0 Å². The van der Waals surface area contributed by atoms with Crippen LogP contribution in [0.2, 0.25) is 0 Å². The van der Waals surface area contributed by atoms with Gasteiger partial charge in [0.1, 0.15) is 5.76 Å². The number of piperazine rings is 1. The molecule has 0 atom stereocenters. The predicted octanol–water partition coefficient (Wildman–Crippen LogP) is 4.93. The maximum absolute atomic E-state index is 13.5. The van der Waals surface area contributed by atoms with Crippen LogP contribution in [0.5, 0.6) is 0 Å². The quantitative estimate of drug-likeness (QED) is 0.399. The Hall–Kier alpha value is -4.19. The van der Waals surface area contributed by atoms with Crippen LogP contribution in [0.1, 0.15) is 33.2 Å². The summed E-state index contributed by atoms with van der Waals surface area (Å²) in [6, 6.07) is 22.2. The molecule has 3 aromatic carbocycles. The topological polar surface area (TPSA) is 70.8 Å². The van der Waals surface area contributed by atoms with Gasteiger partial charge in [-0.05, 0) is 50.2 Å². The Labute approximate surface area is 203 Å². The maximum atomic E-state index is 13.5. The predicted molar refractivity (Wildman–Crippen MR) is 137 cm³/mol. The van der Waals surface area contributed by atoms with Crippen molar-refractivity contribution >= 4 is 28.3 Å². The highest BCUT2D eigenvalue weighted by Crippen LogP contribution is 2.28. The first-order chi connectivity index (χ1) is 16.9. The summed E-state index contributed by atoms with van der Waals surface area (Å²) in [7, 11) is 0. The Morgan fingerprint density at radius 2 is 1.51 bits per heavy atom. The molecule has 176 valence electrons. The molecular weight excluding hydrogens is 440 g/mol. The maximum Gasteiger partial charge on any atom is 0.257 e. The molecule has 4 aromatic rings. The molecule has 2 heterocycles. The van der Waals surface area contributed by atoms with Gasteiger partial charge in [0.2, 0.25) is 0 Å². The summed E-state index contributed by atoms with van der Waals surface area (Å²) >= 11 is 0. The van der Waals surface area contributed by atoms with Crippen molar-refractivity contribution in [3.8, 4) is 11.3 Å². The van der Waals surface area contributed by atoms with Gasteiger partial charge in [0.05, 0.1) is 10.9 Å². The van der Waals surface area contributed by atoms with Crippen LogP contribution in [0.4, 0.5) is 5.69 Å². The Morgan fingerprint density at radius 1 is 0.829 bits per heavy atom. The summed E-state index contributed by atoms with van der Waals surface area (Å²) in [6.45, 7) is 5.75. The van der Waals surface area contributed by atoms with Crippen LogP contribution in [0.3, 0.4) is 0 Å². The van der Waals surface area contributed by atoms with E-state index in [1.54, 1.807) is 36.9 Å². The molecule has 35 heavy (non-hydrogen) atoms. The van der Waals surface area contributed by atoms with Crippen molar-refractivity contribution in [2.45, 2.75) is 13.8 Å². The lowest BCUT2D eigenvalue weighted by Gasteiger charge is -2.36. The minimum atomic E-state index is -0.145. The molecule has 0 N–H and O–H groups in total. The molecule has 0 unspecified atom stereocenters. The summed E-state index contributed by atoms with van der Waals surface area (Å²) in [6.07, 6.45) is 0. The van der Waals surface area contributed by atoms with Gasteiger partial charge in [0.15, 0.2) is 16.8 Å². The van der Waals surface area contributed by atoms with Crippen LogP contribution in [0.25, 0.3) is 22.3 Å². The van der Waals surface area contributed by atoms with Gasteiger partial charge in [-0.15, -0.1) is 0 Å². The van der Waals surface area contributed by atoms with E-state index >= 15 is 0 Å². The van der Waals surface area contributed by atoms with E-state index < -0.39 is 0 Å². The van der Waals surface area contributed by atoms with Crippen molar-refractivity contribution in [1.82, 2.24) is 4.90 Å². The van der Waals surface area contributed by atoms with E-state index in [0.717, 1.165) is 11.3 Å². The number of anilines is 1. The zero-order valence-electron chi connectivity index (χ0n) is 19.8. The van der Waals surface area contributed by atoms with Crippen LogP contribution in [0.15, 0.2) is 82.0 Å². The number of carbonyl (C=O) groups is 2. The van der Waals surface area contributed by atoms with Crippen LogP contribution in [0, 0.1) is 6.92 Å². The Balaban J connectivity index is 1.42. The number of Topliss-reactive ketones (excluding diaryl/α,β-unsaturated/α-hetero) is 1. The minimum Gasteiger partial charge on any atom is -0.455 e. The zero-order valence-corrected chi connectivity index (χ0v) is 19.8. The number of para-hydroxylation sites is 1. The van der Waals surface area contributed by atoms with Gasteiger partial charge in [-0.25, -0.2) is 0 Å². The van der Waals surface area contributed by atoms with E-state index in [9.17, 15) is 14.4 Å². The number of benzene rings is 3. The number of rotatable bonds is 4. The van der Waals surface area contributed by atoms with E-state index in [4.69, 9.17) is 4.42 Å². The standard InChI is InChI=1S/C29H26N2O4/c1-19-26(33)24-9-6-10-25(28(24)35-27(19)22-7-4-3-5-8-22)29(34)31-17-15-30(16-18-31)23-13-11-21(12-14-23)20(2)32/h3-14H,15-18H2,1-2H3. The SMILES string of the molecule is CC(=O)c1ccc(N2CCN(C(=O)c3cccc4c(=O)c(C)c(-c5ccccc5)oc34)CC2)cc1. The van der Waals surface area contributed by atoms with Crippen LogP contribution in [-0.2, 0) is 0 Å². The molecule has 1 amide bonds. The van der Waals surface area contributed by atoms with E-state index in [1.165, 1.54) is 0 Å². The third-order valence-corrected chi connectivity index (χ3v) is 6.62. The fourth-order valence-corrected chi connectivity index (χ4v) is 4.59. The van der Waals surface area contributed by atoms with Gasteiger partial charge in [-0.3, -0.25) is 14.4 Å². The largest absolute Gasteiger partial charge is 0.455 e. The molecule has 1 aromatic heterocycles. The normalized spacial score (nSPS) is 13.8. The van der Waals surface area contributed by atoms with Crippen LogP contribution >= 0.6 is 0 Å². The molecule has 0 bridgehead atoms. The lowest BCUT2D eigenvalue weighted by Crippen LogP contribution is -2.48. The highest BCUT2D eigenvalue weighted by atomic mass is 16.3. The molecule has 1 saturated heterocycles. The minimum absolute atomic E-state index is 0.0410. The molecule has 1 aliphatic rings. The Morgan fingerprint density at radius 3 is 2.17 bits per heavy atom. The Bertz CT molecular complexity index is 1460. The monoisotopic (exact) mass is 466 g/mol. The van der Waals surface area contributed by atoms with Gasteiger partial charge in [0, 0.05) is 48.6 Å². The molecule has 6 nitrogen and oxygen atoms in total. The third kappa shape index (κ3) is 4.23. The number of nitrogens with zero attached hydrogens (tertiary/aromatic N) is 2. The first-order valence-corrected chi connectivity index (χ1v) is 11.7. The van der Waals surface area contributed by atoms with Crippen LogP contribution < -0.4 is 10.3 Å². The van der Waals surface area contributed by atoms with Crippen molar-refractivity contribution in [2.75, 3.05) is 31.1 Å². The lowest BCUT2D eigenvalue weighted by molar-refractivity contribution is 0.0747. The number of carbonyl (C=O) groups excluding carboxylic acids is 2. The number of ketones is 1. The van der Waals surface area contributed by atoms with Crippen molar-refractivity contribution in [1.29, 1.82) is 0 Å². The van der Waals surface area contributed by atoms with E-state index in [1.807, 2.05) is 54.6 Å². The molecule has 0 aliphatic carbocycles. The summed E-state index contributed by atoms with van der Waals surface area (Å²) in [5.74, 6) is 0.384. The molecular formula is C29H26N2O4. The number of amides is 1. The molecule has 1 aliphatic heterocycles. The van der Waals surface area contributed by atoms with Crippen molar-refractivity contribution in [2.24, 2.45) is 0 Å². The molecule has 1 fully saturated rings. The molecule has 0 spiro atoms. The zero-order chi connectivity index (χ0) is 24.5. The summed E-state index contributed by atoms with van der Waals surface area (Å²) in [5, 5.41) is 0.414. The van der Waals surface area contributed by atoms with Crippen molar-refractivity contribution in [3.05, 3.63) is 99.7 Å². The van der Waals surface area contributed by atoms with Gasteiger partial charge in [-0.1, -0.05) is 36.4 Å². The summed E-state index contributed by atoms with van der Waals surface area (Å²) in [4.78, 5) is 42.2. The fourth-order valence-electron chi connectivity index (χ4n) is 4.59. The number of hydrogen-bond donors (Lipinski definition) is 0. The smallest absolute Gasteiger partial charge is 0.257 e. The highest BCUT2D eigenvalue weighted by molar-refractivity contribution is 6.05. The summed E-state index contributed by atoms with van der Waals surface area (Å²) in [5.41, 5.74) is 3.64. The second kappa shape index (κ2) is 9.22. The fraction of sp³-hybridized carbons (Fsp3) is 0.207. The molecule has 0 radical (unpaired) electrons. The molecule has 5 rings (SSSR count). The molecule has 6 heteroatoms. The number of hydrogen-bond acceptors (Lipinski definition) is 5. The first-order valence-electron chi connectivity index (χ1n) is 11.7. The lowest BCUT2D eigenvalue weighted by atomic mass is 10.0. The van der Waals surface area contributed by atoms with Gasteiger partial charge >= 0.3 is 0 Å². The van der Waals surface area contributed by atoms with E-state index in [2.05, 4.69) is 4.90 Å². The van der Waals surface area contributed by atoms with Gasteiger partial charge < -0.3 is 14.2 Å².